The van der Waals surface area contributed by atoms with Crippen LogP contribution in [0.2, 0.25) is 0 Å². The first-order chi connectivity index (χ1) is 9.65. The summed E-state index contributed by atoms with van der Waals surface area (Å²) in [5.41, 5.74) is 7.29. The van der Waals surface area contributed by atoms with Gasteiger partial charge in [-0.2, -0.15) is 0 Å². The number of nitrogens with zero attached hydrogens (tertiary/aromatic N) is 1. The van der Waals surface area contributed by atoms with Gasteiger partial charge in [0.05, 0.1) is 18.8 Å². The van der Waals surface area contributed by atoms with Crippen LogP contribution in [0.25, 0.3) is 0 Å². The lowest BCUT2D eigenvalue weighted by Crippen LogP contribution is -2.31. The summed E-state index contributed by atoms with van der Waals surface area (Å²) in [6, 6.07) is 10.1. The molecule has 1 unspecified atom stereocenters. The van der Waals surface area contributed by atoms with E-state index in [2.05, 4.69) is 23.4 Å². The molecule has 0 aliphatic carbocycles. The second kappa shape index (κ2) is 6.50. The first kappa shape index (κ1) is 14.5. The number of hydrogen-bond donors (Lipinski definition) is 2. The van der Waals surface area contributed by atoms with Crippen molar-refractivity contribution >= 4 is 0 Å². The number of benzene rings is 1. The topological polar surface area (TPSA) is 60.2 Å². The summed E-state index contributed by atoms with van der Waals surface area (Å²) in [5.74, 6) is 6.60. The van der Waals surface area contributed by atoms with Crippen molar-refractivity contribution in [3.05, 3.63) is 58.9 Å². The molecule has 0 aliphatic rings. The molecule has 1 heterocycles. The number of pyridine rings is 1. The molecule has 0 radical (unpaired) electrons. The van der Waals surface area contributed by atoms with Gasteiger partial charge in [-0.1, -0.05) is 23.8 Å². The molecular weight excluding hydrogens is 250 g/mol. The molecule has 4 nitrogen and oxygen atoms in total. The summed E-state index contributed by atoms with van der Waals surface area (Å²) >= 11 is 0. The van der Waals surface area contributed by atoms with Crippen LogP contribution in [0.3, 0.4) is 0 Å². The van der Waals surface area contributed by atoms with Crippen molar-refractivity contribution in [2.75, 3.05) is 7.11 Å². The molecule has 0 amide bonds. The Morgan fingerprint density at radius 1 is 1.30 bits per heavy atom. The van der Waals surface area contributed by atoms with Crippen LogP contribution >= 0.6 is 0 Å². The first-order valence-electron chi connectivity index (χ1n) is 6.67. The molecule has 0 bridgehead atoms. The van der Waals surface area contributed by atoms with Crippen LogP contribution in [-0.2, 0) is 6.42 Å². The minimum Gasteiger partial charge on any atom is -0.496 e. The molecule has 1 aromatic carbocycles. The maximum absolute atomic E-state index is 5.72. The van der Waals surface area contributed by atoms with Gasteiger partial charge in [0.25, 0.3) is 0 Å². The van der Waals surface area contributed by atoms with Crippen molar-refractivity contribution in [3.8, 4) is 5.75 Å². The van der Waals surface area contributed by atoms with Crippen molar-refractivity contribution in [2.45, 2.75) is 26.3 Å². The molecule has 20 heavy (non-hydrogen) atoms. The van der Waals surface area contributed by atoms with Gasteiger partial charge in [-0.3, -0.25) is 16.3 Å². The molecular formula is C16H21N3O. The number of rotatable bonds is 5. The number of ether oxygens (including phenoxy) is 1. The molecule has 4 heteroatoms. The normalized spacial score (nSPS) is 12.2. The largest absolute Gasteiger partial charge is 0.496 e. The van der Waals surface area contributed by atoms with Gasteiger partial charge in [0.2, 0.25) is 0 Å². The third kappa shape index (κ3) is 3.15. The quantitative estimate of drug-likeness (QED) is 0.648. The van der Waals surface area contributed by atoms with Crippen LogP contribution in [0.15, 0.2) is 36.5 Å². The molecule has 2 aromatic rings. The Bertz CT molecular complexity index is 584. The minimum atomic E-state index is -0.0353. The Kier molecular flexibility index (Phi) is 4.71. The molecule has 1 atom stereocenters. The zero-order chi connectivity index (χ0) is 14.5. The number of hydrogen-bond acceptors (Lipinski definition) is 4. The molecule has 0 fully saturated rings. The first-order valence-corrected chi connectivity index (χ1v) is 6.67. The summed E-state index contributed by atoms with van der Waals surface area (Å²) < 4.78 is 5.42. The van der Waals surface area contributed by atoms with Crippen molar-refractivity contribution in [1.82, 2.24) is 10.4 Å². The average Bonchev–Trinajstić information content (AvgIpc) is 2.46. The lowest BCUT2D eigenvalue weighted by molar-refractivity contribution is 0.405. The average molecular weight is 271 g/mol. The lowest BCUT2D eigenvalue weighted by atomic mass is 9.98. The van der Waals surface area contributed by atoms with Crippen molar-refractivity contribution < 1.29 is 4.74 Å². The summed E-state index contributed by atoms with van der Waals surface area (Å²) in [4.78, 5) is 4.44. The molecule has 2 rings (SSSR count). The number of hydrazine groups is 1. The maximum Gasteiger partial charge on any atom is 0.122 e. The zero-order valence-electron chi connectivity index (χ0n) is 12.2. The van der Waals surface area contributed by atoms with Gasteiger partial charge in [0.15, 0.2) is 0 Å². The highest BCUT2D eigenvalue weighted by Gasteiger charge is 2.16. The Hall–Kier alpha value is -1.91. The van der Waals surface area contributed by atoms with Gasteiger partial charge in [-0.15, -0.1) is 0 Å². The van der Waals surface area contributed by atoms with E-state index in [1.165, 1.54) is 5.56 Å². The van der Waals surface area contributed by atoms with E-state index in [-0.39, 0.29) is 6.04 Å². The Balaban J connectivity index is 2.31. The van der Waals surface area contributed by atoms with Crippen LogP contribution in [0.1, 0.15) is 28.4 Å². The molecule has 1 aromatic heterocycles. The van der Waals surface area contributed by atoms with E-state index in [9.17, 15) is 0 Å². The van der Waals surface area contributed by atoms with E-state index in [0.717, 1.165) is 29.0 Å². The fourth-order valence-corrected chi connectivity index (χ4v) is 2.38. The Morgan fingerprint density at radius 3 is 2.75 bits per heavy atom. The van der Waals surface area contributed by atoms with Gasteiger partial charge in [0.1, 0.15) is 5.75 Å². The van der Waals surface area contributed by atoms with Crippen LogP contribution in [0.5, 0.6) is 5.75 Å². The summed E-state index contributed by atoms with van der Waals surface area (Å²) in [6.07, 6.45) is 2.53. The fraction of sp³-hybridized carbons (Fsp3) is 0.312. The van der Waals surface area contributed by atoms with Crippen LogP contribution in [0, 0.1) is 13.8 Å². The molecule has 106 valence electrons. The van der Waals surface area contributed by atoms with Crippen LogP contribution in [-0.4, -0.2) is 12.1 Å². The molecule has 3 N–H and O–H groups in total. The van der Waals surface area contributed by atoms with Crippen molar-refractivity contribution in [1.29, 1.82) is 0 Å². The van der Waals surface area contributed by atoms with Gasteiger partial charge in [-0.05, 0) is 43.5 Å². The summed E-state index contributed by atoms with van der Waals surface area (Å²) in [5, 5.41) is 0. The predicted octanol–water partition coefficient (Wildman–Crippen LogP) is 2.45. The Morgan fingerprint density at radius 2 is 2.10 bits per heavy atom. The number of methoxy groups -OCH3 is 1. The van der Waals surface area contributed by atoms with E-state index >= 15 is 0 Å². The van der Waals surface area contributed by atoms with Gasteiger partial charge in [0, 0.05) is 6.20 Å². The van der Waals surface area contributed by atoms with E-state index in [1.807, 2.05) is 31.2 Å². The van der Waals surface area contributed by atoms with Crippen molar-refractivity contribution in [2.24, 2.45) is 5.84 Å². The highest BCUT2D eigenvalue weighted by Crippen LogP contribution is 2.26. The van der Waals surface area contributed by atoms with Crippen molar-refractivity contribution in [3.63, 3.8) is 0 Å². The third-order valence-corrected chi connectivity index (χ3v) is 3.44. The fourth-order valence-electron chi connectivity index (χ4n) is 2.38. The summed E-state index contributed by atoms with van der Waals surface area (Å²) in [7, 11) is 1.69. The Labute approximate surface area is 120 Å². The number of aryl methyl sites for hydroxylation is 2. The van der Waals surface area contributed by atoms with E-state index in [0.29, 0.717) is 0 Å². The highest BCUT2D eigenvalue weighted by atomic mass is 16.5. The standard InChI is InChI=1S/C16H21N3O/c1-11-6-7-15(20-3)13(9-11)10-14(19-17)16-12(2)5-4-8-18-16/h4-9,14,19H,10,17H2,1-3H3. The monoisotopic (exact) mass is 271 g/mol. The van der Waals surface area contributed by atoms with E-state index < -0.39 is 0 Å². The smallest absolute Gasteiger partial charge is 0.122 e. The number of nitrogens with two attached hydrogens (primary N) is 1. The van der Waals surface area contributed by atoms with E-state index in [4.69, 9.17) is 10.6 Å². The van der Waals surface area contributed by atoms with Crippen LogP contribution < -0.4 is 16.0 Å². The maximum atomic E-state index is 5.72. The second-order valence-electron chi connectivity index (χ2n) is 4.94. The van der Waals surface area contributed by atoms with E-state index in [1.54, 1.807) is 13.3 Å². The third-order valence-electron chi connectivity index (χ3n) is 3.44. The molecule has 0 aliphatic heterocycles. The molecule has 0 spiro atoms. The van der Waals surface area contributed by atoms with Gasteiger partial charge < -0.3 is 4.74 Å². The molecule has 0 saturated heterocycles. The lowest BCUT2D eigenvalue weighted by Gasteiger charge is -2.19. The zero-order valence-corrected chi connectivity index (χ0v) is 12.2. The molecule has 0 saturated carbocycles. The van der Waals surface area contributed by atoms with Crippen LogP contribution in [0.4, 0.5) is 0 Å². The minimum absolute atomic E-state index is 0.0353. The summed E-state index contributed by atoms with van der Waals surface area (Å²) in [6.45, 7) is 4.11. The van der Waals surface area contributed by atoms with Gasteiger partial charge >= 0.3 is 0 Å². The highest BCUT2D eigenvalue weighted by molar-refractivity contribution is 5.38. The number of nitrogens with one attached hydrogen (secondary N) is 1. The SMILES string of the molecule is COc1ccc(C)cc1CC(NN)c1ncccc1C. The van der Waals surface area contributed by atoms with Gasteiger partial charge in [-0.25, -0.2) is 0 Å². The predicted molar refractivity (Wildman–Crippen MR) is 80.5 cm³/mol. The second-order valence-corrected chi connectivity index (χ2v) is 4.94. The number of aromatic nitrogens is 1.